The van der Waals surface area contributed by atoms with E-state index in [0.717, 1.165) is 6.08 Å². The summed E-state index contributed by atoms with van der Waals surface area (Å²) in [5, 5.41) is 5.40. The molecule has 0 saturated carbocycles. The molecule has 2 rings (SSSR count). The van der Waals surface area contributed by atoms with E-state index in [9.17, 15) is 0 Å². The van der Waals surface area contributed by atoms with Crippen LogP contribution in [0, 0.1) is 5.41 Å². The molecule has 2 aliphatic rings. The average molecular weight is 119 g/mol. The molecule has 0 radical (unpaired) electrons. The van der Waals surface area contributed by atoms with Crippen molar-refractivity contribution in [3.63, 3.8) is 0 Å². The summed E-state index contributed by atoms with van der Waals surface area (Å²) in [6.45, 7) is 0. The lowest BCUT2D eigenvalue weighted by molar-refractivity contribution is 0.563. The van der Waals surface area contributed by atoms with Crippen LogP contribution in [0.25, 0.3) is 11.1 Å². The minimum Gasteiger partial charge on any atom is -0.222 e. The van der Waals surface area contributed by atoms with E-state index in [1.54, 1.807) is 0 Å². The molecule has 0 bridgehead atoms. The zero-order valence-corrected chi connectivity index (χ0v) is 4.72. The molecule has 0 spiro atoms. The number of nitrogens with one attached hydrogen (secondary N) is 1. The van der Waals surface area contributed by atoms with Crippen molar-refractivity contribution in [1.29, 1.82) is 5.41 Å². The van der Waals surface area contributed by atoms with Gasteiger partial charge in [-0.25, -0.2) is 10.2 Å². The van der Waals surface area contributed by atoms with Crippen LogP contribution in [0.3, 0.4) is 0 Å². The number of hydrogen-bond acceptors (Lipinski definition) is 2. The van der Waals surface area contributed by atoms with Gasteiger partial charge in [0.05, 0.1) is 0 Å². The quantitative estimate of drug-likeness (QED) is 0.415. The van der Waals surface area contributed by atoms with E-state index in [-0.39, 0.29) is 0 Å². The third kappa shape index (κ3) is 1.24. The summed E-state index contributed by atoms with van der Waals surface area (Å²) in [4.78, 5) is 8.35. The fourth-order valence-electron chi connectivity index (χ4n) is 0.676. The number of benzene rings is 1. The van der Waals surface area contributed by atoms with Crippen LogP contribution < -0.4 is 0 Å². The number of isocyanates is 1. The minimum absolute atomic E-state index is 0.750. The Morgan fingerprint density at radius 1 is 1.33 bits per heavy atom. The molecule has 0 heterocycles. The highest BCUT2D eigenvalue weighted by Crippen LogP contribution is 2.32. The maximum atomic E-state index is 8.35. The topological polar surface area (TPSA) is 40.9 Å². The van der Waals surface area contributed by atoms with E-state index < -0.39 is 0 Å². The van der Waals surface area contributed by atoms with Crippen LogP contribution in [0.15, 0.2) is 24.3 Å². The monoisotopic (exact) mass is 119 g/mol. The highest BCUT2D eigenvalue weighted by atomic mass is 16.1. The van der Waals surface area contributed by atoms with E-state index in [4.69, 9.17) is 10.2 Å². The van der Waals surface area contributed by atoms with Gasteiger partial charge in [-0.3, -0.25) is 0 Å². The molecule has 1 N–H and O–H groups in total. The van der Waals surface area contributed by atoms with E-state index in [0.29, 0.717) is 0 Å². The predicted molar refractivity (Wildman–Crippen MR) is 33.8 cm³/mol. The highest BCUT2D eigenvalue weighted by molar-refractivity contribution is 5.80. The first-order valence-electron chi connectivity index (χ1n) is 2.53. The summed E-state index contributed by atoms with van der Waals surface area (Å²) in [5.41, 5.74) is 2.85. The van der Waals surface area contributed by atoms with Gasteiger partial charge >= 0.3 is 0 Å². The molecule has 2 nitrogen and oxygen atoms in total. The van der Waals surface area contributed by atoms with E-state index >= 15 is 0 Å². The highest BCUT2D eigenvalue weighted by Gasteiger charge is 2.06. The average Bonchev–Trinajstić information content (AvgIpc) is 2.43. The minimum atomic E-state index is 0.750. The van der Waals surface area contributed by atoms with Gasteiger partial charge in [-0.2, -0.15) is 0 Å². The number of fused-ring (bicyclic) bond motifs is 1. The van der Waals surface area contributed by atoms with Crippen molar-refractivity contribution < 1.29 is 4.79 Å². The molecule has 2 aliphatic carbocycles. The number of rotatable bonds is 0. The molecule has 0 amide bonds. The van der Waals surface area contributed by atoms with Crippen LogP contribution in [0.2, 0.25) is 0 Å². The zero-order chi connectivity index (χ0) is 6.69. The zero-order valence-electron chi connectivity index (χ0n) is 4.72. The van der Waals surface area contributed by atoms with Gasteiger partial charge in [0.2, 0.25) is 6.08 Å². The van der Waals surface area contributed by atoms with Gasteiger partial charge in [-0.15, -0.1) is 0 Å². The normalized spacial score (nSPS) is 8.44. The van der Waals surface area contributed by atoms with Crippen LogP contribution in [0.1, 0.15) is 0 Å². The summed E-state index contributed by atoms with van der Waals surface area (Å²) in [7, 11) is 0. The maximum absolute atomic E-state index is 8.35. The van der Waals surface area contributed by atoms with Crippen molar-refractivity contribution in [2.75, 3.05) is 0 Å². The fourth-order valence-corrected chi connectivity index (χ4v) is 0.676. The van der Waals surface area contributed by atoms with E-state index in [1.807, 2.05) is 0 Å². The SMILES string of the molecule is N=C=O.c1cc2cc-2c1. The second kappa shape index (κ2) is 2.25. The summed E-state index contributed by atoms with van der Waals surface area (Å²) in [5.74, 6) is 0. The van der Waals surface area contributed by atoms with Crippen LogP contribution in [-0.4, -0.2) is 6.08 Å². The van der Waals surface area contributed by atoms with Crippen molar-refractivity contribution in [2.45, 2.75) is 0 Å². The Morgan fingerprint density at radius 3 is 1.89 bits per heavy atom. The Bertz CT molecular complexity index is 232. The summed E-state index contributed by atoms with van der Waals surface area (Å²) in [6.07, 6.45) is 0.750. The molecule has 9 heavy (non-hydrogen) atoms. The third-order valence-corrected chi connectivity index (χ3v) is 1.11. The molecule has 0 aliphatic heterocycles. The van der Waals surface area contributed by atoms with E-state index in [1.165, 1.54) is 11.1 Å². The van der Waals surface area contributed by atoms with Crippen molar-refractivity contribution in [1.82, 2.24) is 0 Å². The molecule has 0 unspecified atom stereocenters. The number of hydrogen-bond donors (Lipinski definition) is 1. The van der Waals surface area contributed by atoms with Crippen LogP contribution in [0.5, 0.6) is 0 Å². The first-order valence-corrected chi connectivity index (χ1v) is 2.53. The van der Waals surface area contributed by atoms with E-state index in [2.05, 4.69) is 24.3 Å². The lowest BCUT2D eigenvalue weighted by Gasteiger charge is -1.48. The summed E-state index contributed by atoms with van der Waals surface area (Å²) < 4.78 is 0. The van der Waals surface area contributed by atoms with Crippen molar-refractivity contribution in [3.05, 3.63) is 24.3 Å². The fraction of sp³-hybridized carbons (Fsp3) is 0. The molecule has 0 aromatic carbocycles. The largest absolute Gasteiger partial charge is 0.231 e. The number of carbonyl (C=O) groups excluding carboxylic acids is 1. The van der Waals surface area contributed by atoms with Crippen LogP contribution in [0.4, 0.5) is 0 Å². The summed E-state index contributed by atoms with van der Waals surface area (Å²) >= 11 is 0. The molecule has 0 saturated heterocycles. The van der Waals surface area contributed by atoms with Gasteiger partial charge in [-0.1, -0.05) is 18.2 Å². The van der Waals surface area contributed by atoms with Gasteiger partial charge < -0.3 is 0 Å². The van der Waals surface area contributed by atoms with Gasteiger partial charge in [0.25, 0.3) is 0 Å². The second-order valence-corrected chi connectivity index (χ2v) is 1.68. The summed E-state index contributed by atoms with van der Waals surface area (Å²) in [6, 6.07) is 8.48. The molecule has 0 atom stereocenters. The predicted octanol–water partition coefficient (Wildman–Crippen LogP) is 1.57. The molecule has 44 valence electrons. The Labute approximate surface area is 52.6 Å². The molecule has 0 aromatic rings. The lowest BCUT2D eigenvalue weighted by Crippen LogP contribution is -1.23. The van der Waals surface area contributed by atoms with Crippen molar-refractivity contribution in [3.8, 4) is 11.1 Å². The van der Waals surface area contributed by atoms with Gasteiger partial charge in [0.1, 0.15) is 0 Å². The Balaban J connectivity index is 0.000000120. The standard InChI is InChI=1S/C6H4.CHNO/c1-2-5-4-6(5)3-1;2-1-3/h1-4H;2H. The molecular weight excluding hydrogens is 114 g/mol. The molecule has 2 heteroatoms. The first-order chi connectivity index (χ1) is 4.38. The Hall–Kier alpha value is -1.40. The van der Waals surface area contributed by atoms with Gasteiger partial charge in [-0.05, 0) is 17.2 Å². The van der Waals surface area contributed by atoms with Gasteiger partial charge in [0, 0.05) is 0 Å². The maximum Gasteiger partial charge on any atom is 0.231 e. The second-order valence-electron chi connectivity index (χ2n) is 1.68. The molecule has 0 fully saturated rings. The van der Waals surface area contributed by atoms with Crippen molar-refractivity contribution in [2.24, 2.45) is 0 Å². The van der Waals surface area contributed by atoms with Crippen LogP contribution in [-0.2, 0) is 4.79 Å². The lowest BCUT2D eigenvalue weighted by atomic mass is 10.6. The Kier molecular flexibility index (Phi) is 1.43. The third-order valence-electron chi connectivity index (χ3n) is 1.11. The van der Waals surface area contributed by atoms with Gasteiger partial charge in [0.15, 0.2) is 0 Å². The van der Waals surface area contributed by atoms with Crippen molar-refractivity contribution >= 4 is 6.08 Å². The first kappa shape index (κ1) is 5.73. The molecular formula is C7H5NO. The smallest absolute Gasteiger partial charge is 0.222 e. The Morgan fingerprint density at radius 2 is 1.78 bits per heavy atom. The molecule has 0 aromatic heterocycles. The van der Waals surface area contributed by atoms with Crippen LogP contribution >= 0.6 is 0 Å².